The van der Waals surface area contributed by atoms with Crippen LogP contribution in [0.25, 0.3) is 0 Å². The van der Waals surface area contributed by atoms with Crippen LogP contribution in [0.3, 0.4) is 0 Å². The van der Waals surface area contributed by atoms with Crippen LogP contribution in [0.4, 0.5) is 0 Å². The van der Waals surface area contributed by atoms with Crippen LogP contribution in [0.1, 0.15) is 26.9 Å². The summed E-state index contributed by atoms with van der Waals surface area (Å²) in [5.41, 5.74) is 8.64. The van der Waals surface area contributed by atoms with Crippen LogP contribution in [0.15, 0.2) is 30.3 Å². The molecular formula is C14H17NOS. The third-order valence-electron chi connectivity index (χ3n) is 2.97. The molecule has 0 aliphatic carbocycles. The number of rotatable bonds is 3. The molecule has 0 spiro atoms. The van der Waals surface area contributed by atoms with Crippen molar-refractivity contribution < 1.29 is 4.74 Å². The lowest BCUT2D eigenvalue weighted by Gasteiger charge is -2.14. The SMILES string of the molecule is COc1ccccc1C(N)c1cc(C)c(C)s1. The maximum absolute atomic E-state index is 6.31. The molecule has 1 aromatic heterocycles. The van der Waals surface area contributed by atoms with Crippen molar-refractivity contribution in [3.63, 3.8) is 0 Å². The molecule has 2 nitrogen and oxygen atoms in total. The van der Waals surface area contributed by atoms with Crippen LogP contribution in [0.2, 0.25) is 0 Å². The number of ether oxygens (including phenoxy) is 1. The molecule has 2 aromatic rings. The first-order valence-electron chi connectivity index (χ1n) is 5.59. The number of nitrogens with two attached hydrogens (primary N) is 1. The Morgan fingerprint density at radius 2 is 1.94 bits per heavy atom. The van der Waals surface area contributed by atoms with Crippen molar-refractivity contribution in [1.82, 2.24) is 0 Å². The Kier molecular flexibility index (Phi) is 3.50. The maximum Gasteiger partial charge on any atom is 0.124 e. The van der Waals surface area contributed by atoms with Crippen molar-refractivity contribution in [3.8, 4) is 5.75 Å². The number of benzene rings is 1. The minimum atomic E-state index is -0.108. The Morgan fingerprint density at radius 3 is 2.53 bits per heavy atom. The summed E-state index contributed by atoms with van der Waals surface area (Å²) < 4.78 is 5.35. The van der Waals surface area contributed by atoms with E-state index in [0.717, 1.165) is 11.3 Å². The van der Waals surface area contributed by atoms with Gasteiger partial charge in [-0.05, 0) is 31.5 Å². The summed E-state index contributed by atoms with van der Waals surface area (Å²) in [5.74, 6) is 0.851. The van der Waals surface area contributed by atoms with E-state index in [2.05, 4.69) is 19.9 Å². The van der Waals surface area contributed by atoms with Crippen LogP contribution in [0, 0.1) is 13.8 Å². The first-order valence-corrected chi connectivity index (χ1v) is 6.40. The van der Waals surface area contributed by atoms with Gasteiger partial charge in [0, 0.05) is 15.3 Å². The molecule has 0 amide bonds. The highest BCUT2D eigenvalue weighted by Crippen LogP contribution is 2.33. The number of hydrogen-bond acceptors (Lipinski definition) is 3. The number of para-hydroxylation sites is 1. The van der Waals surface area contributed by atoms with Gasteiger partial charge in [-0.3, -0.25) is 0 Å². The van der Waals surface area contributed by atoms with E-state index < -0.39 is 0 Å². The van der Waals surface area contributed by atoms with Gasteiger partial charge in [-0.25, -0.2) is 0 Å². The van der Waals surface area contributed by atoms with Gasteiger partial charge in [0.25, 0.3) is 0 Å². The zero-order valence-corrected chi connectivity index (χ0v) is 11.2. The predicted octanol–water partition coefficient (Wildman–Crippen LogP) is 3.42. The smallest absolute Gasteiger partial charge is 0.124 e. The summed E-state index contributed by atoms with van der Waals surface area (Å²) in [7, 11) is 1.68. The van der Waals surface area contributed by atoms with Gasteiger partial charge in [0.1, 0.15) is 5.75 Å². The third kappa shape index (κ3) is 2.35. The topological polar surface area (TPSA) is 35.2 Å². The zero-order valence-electron chi connectivity index (χ0n) is 10.4. The summed E-state index contributed by atoms with van der Waals surface area (Å²) in [5, 5.41) is 0. The van der Waals surface area contributed by atoms with Crippen LogP contribution in [-0.4, -0.2) is 7.11 Å². The van der Waals surface area contributed by atoms with Gasteiger partial charge in [0.05, 0.1) is 13.2 Å². The van der Waals surface area contributed by atoms with E-state index >= 15 is 0 Å². The predicted molar refractivity (Wildman–Crippen MR) is 72.8 cm³/mol. The second kappa shape index (κ2) is 4.90. The fourth-order valence-electron chi connectivity index (χ4n) is 1.83. The number of hydrogen-bond donors (Lipinski definition) is 1. The molecular weight excluding hydrogens is 230 g/mol. The van der Waals surface area contributed by atoms with Crippen molar-refractivity contribution in [1.29, 1.82) is 0 Å². The van der Waals surface area contributed by atoms with E-state index in [1.807, 2.05) is 24.3 Å². The molecule has 90 valence electrons. The van der Waals surface area contributed by atoms with E-state index in [9.17, 15) is 0 Å². The van der Waals surface area contributed by atoms with E-state index in [4.69, 9.17) is 10.5 Å². The molecule has 0 saturated carbocycles. The van der Waals surface area contributed by atoms with E-state index in [1.165, 1.54) is 15.3 Å². The van der Waals surface area contributed by atoms with Gasteiger partial charge >= 0.3 is 0 Å². The van der Waals surface area contributed by atoms with Gasteiger partial charge < -0.3 is 10.5 Å². The molecule has 1 aromatic carbocycles. The van der Waals surface area contributed by atoms with Crippen LogP contribution in [-0.2, 0) is 0 Å². The van der Waals surface area contributed by atoms with Crippen LogP contribution in [0.5, 0.6) is 5.75 Å². The monoisotopic (exact) mass is 247 g/mol. The van der Waals surface area contributed by atoms with Gasteiger partial charge in [-0.15, -0.1) is 11.3 Å². The van der Waals surface area contributed by atoms with E-state index in [-0.39, 0.29) is 6.04 Å². The zero-order chi connectivity index (χ0) is 12.4. The Hall–Kier alpha value is -1.32. The molecule has 2 N–H and O–H groups in total. The molecule has 1 unspecified atom stereocenters. The van der Waals surface area contributed by atoms with Crippen molar-refractivity contribution in [2.24, 2.45) is 5.73 Å². The van der Waals surface area contributed by atoms with E-state index in [0.29, 0.717) is 0 Å². The van der Waals surface area contributed by atoms with Gasteiger partial charge in [0.15, 0.2) is 0 Å². The lowest BCUT2D eigenvalue weighted by molar-refractivity contribution is 0.408. The fraction of sp³-hybridized carbons (Fsp3) is 0.286. The highest BCUT2D eigenvalue weighted by Gasteiger charge is 2.16. The average Bonchev–Trinajstić information content (AvgIpc) is 2.68. The van der Waals surface area contributed by atoms with Gasteiger partial charge in [-0.1, -0.05) is 18.2 Å². The van der Waals surface area contributed by atoms with Crippen molar-refractivity contribution in [2.75, 3.05) is 7.11 Å². The standard InChI is InChI=1S/C14H17NOS/c1-9-8-13(17-10(9)2)14(15)11-6-4-5-7-12(11)16-3/h4-8,14H,15H2,1-3H3. The summed E-state index contributed by atoms with van der Waals surface area (Å²) in [6.45, 7) is 4.24. The van der Waals surface area contributed by atoms with E-state index in [1.54, 1.807) is 18.4 Å². The minimum absolute atomic E-state index is 0.108. The lowest BCUT2D eigenvalue weighted by atomic mass is 10.0. The highest BCUT2D eigenvalue weighted by atomic mass is 32.1. The van der Waals surface area contributed by atoms with Gasteiger partial charge in [-0.2, -0.15) is 0 Å². The summed E-state index contributed by atoms with van der Waals surface area (Å²) in [4.78, 5) is 2.51. The number of aryl methyl sites for hydroxylation is 2. The van der Waals surface area contributed by atoms with Crippen molar-refractivity contribution in [2.45, 2.75) is 19.9 Å². The Labute approximate surface area is 106 Å². The number of thiophene rings is 1. The number of methoxy groups -OCH3 is 1. The molecule has 17 heavy (non-hydrogen) atoms. The quantitative estimate of drug-likeness (QED) is 0.902. The molecule has 0 saturated heterocycles. The third-order valence-corrected chi connectivity index (χ3v) is 4.20. The highest BCUT2D eigenvalue weighted by molar-refractivity contribution is 7.12. The summed E-state index contributed by atoms with van der Waals surface area (Å²) >= 11 is 1.76. The Balaban J connectivity index is 2.39. The van der Waals surface area contributed by atoms with Crippen molar-refractivity contribution >= 4 is 11.3 Å². The van der Waals surface area contributed by atoms with Crippen LogP contribution >= 0.6 is 11.3 Å². The average molecular weight is 247 g/mol. The van der Waals surface area contributed by atoms with Crippen molar-refractivity contribution in [3.05, 3.63) is 51.2 Å². The maximum atomic E-state index is 6.31. The molecule has 1 heterocycles. The fourth-order valence-corrected chi connectivity index (χ4v) is 2.89. The Morgan fingerprint density at radius 1 is 1.24 bits per heavy atom. The minimum Gasteiger partial charge on any atom is -0.496 e. The largest absolute Gasteiger partial charge is 0.496 e. The molecule has 0 fully saturated rings. The molecule has 0 aliphatic heterocycles. The molecule has 0 aliphatic rings. The second-order valence-corrected chi connectivity index (χ2v) is 5.40. The first-order chi connectivity index (χ1) is 8.13. The van der Waals surface area contributed by atoms with Crippen LogP contribution < -0.4 is 10.5 Å². The lowest BCUT2D eigenvalue weighted by Crippen LogP contribution is -2.11. The summed E-state index contributed by atoms with van der Waals surface area (Å²) in [6, 6.07) is 9.97. The normalized spacial score (nSPS) is 12.5. The second-order valence-electron chi connectivity index (χ2n) is 4.11. The van der Waals surface area contributed by atoms with Gasteiger partial charge in [0.2, 0.25) is 0 Å². The molecule has 1 atom stereocenters. The molecule has 2 rings (SSSR count). The molecule has 0 radical (unpaired) electrons. The molecule has 0 bridgehead atoms. The summed E-state index contributed by atoms with van der Waals surface area (Å²) in [6.07, 6.45) is 0. The molecule has 3 heteroatoms. The Bertz CT molecular complexity index is 499. The first kappa shape index (κ1) is 12.1.